The highest BCUT2D eigenvalue weighted by molar-refractivity contribution is 5.64. The third kappa shape index (κ3) is 4.76. The Morgan fingerprint density at radius 1 is 1.30 bits per heavy atom. The Labute approximate surface area is 160 Å². The molecule has 1 saturated heterocycles. The summed E-state index contributed by atoms with van der Waals surface area (Å²) in [6, 6.07) is 5.96. The summed E-state index contributed by atoms with van der Waals surface area (Å²) in [6.45, 7) is 2.33. The van der Waals surface area contributed by atoms with Crippen LogP contribution in [0.4, 0.5) is 16.2 Å². The highest BCUT2D eigenvalue weighted by Crippen LogP contribution is 2.39. The minimum atomic E-state index is -0.704. The number of amides is 1. The van der Waals surface area contributed by atoms with Gasteiger partial charge in [-0.15, -0.1) is 0 Å². The molecule has 1 fully saturated rings. The molecule has 1 unspecified atom stereocenters. The maximum atomic E-state index is 11.1. The van der Waals surface area contributed by atoms with Crippen molar-refractivity contribution in [3.05, 3.63) is 42.5 Å². The van der Waals surface area contributed by atoms with Gasteiger partial charge in [0.1, 0.15) is 12.4 Å². The summed E-state index contributed by atoms with van der Waals surface area (Å²) < 4.78 is 10.5. The van der Waals surface area contributed by atoms with Crippen LogP contribution in [0.5, 0.6) is 5.75 Å². The third-order valence-electron chi connectivity index (χ3n) is 5.62. The van der Waals surface area contributed by atoms with Gasteiger partial charge in [0.25, 0.3) is 0 Å². The smallest absolute Gasteiger partial charge is 0.404 e. The van der Waals surface area contributed by atoms with Crippen molar-refractivity contribution in [2.75, 3.05) is 37.4 Å². The number of primary amides is 1. The molecule has 1 aliphatic carbocycles. The highest BCUT2D eigenvalue weighted by Gasteiger charge is 2.33. The molecule has 1 heterocycles. The molecular formula is C21H29N3O3. The molecule has 2 aliphatic rings. The number of nitrogens with two attached hydrogens (primary N) is 2. The van der Waals surface area contributed by atoms with Gasteiger partial charge in [-0.05, 0) is 43.7 Å². The Hall–Kier alpha value is -2.63. The van der Waals surface area contributed by atoms with Gasteiger partial charge >= 0.3 is 6.09 Å². The number of allylic oxidation sites excluding steroid dienone is 3. The number of nitrogens with zero attached hydrogens (tertiary/aromatic N) is 1. The average Bonchev–Trinajstić information content (AvgIpc) is 2.68. The van der Waals surface area contributed by atoms with Crippen molar-refractivity contribution >= 4 is 17.5 Å². The Morgan fingerprint density at radius 3 is 2.70 bits per heavy atom. The largest absolute Gasteiger partial charge is 0.495 e. The number of nitrogen functional groups attached to an aromatic ring is 1. The van der Waals surface area contributed by atoms with Crippen molar-refractivity contribution in [2.45, 2.75) is 25.7 Å². The van der Waals surface area contributed by atoms with Crippen LogP contribution in [0.1, 0.15) is 25.7 Å². The quantitative estimate of drug-likeness (QED) is 0.747. The second kappa shape index (κ2) is 8.37. The standard InChI is InChI=1S/C21H29N3O3/c1-26-19-13-17(5-6-18(19)22)24-11-7-16(8-12-24)14-21(15-27-20(23)25)9-3-2-4-10-21/h2-6,9,13,16H,7-8,10-12,14-15,22H2,1H3,(H2,23,25). The lowest BCUT2D eigenvalue weighted by atomic mass is 9.73. The van der Waals surface area contributed by atoms with Crippen molar-refractivity contribution in [1.82, 2.24) is 0 Å². The molecule has 3 rings (SSSR count). The number of hydrogen-bond acceptors (Lipinski definition) is 5. The minimum absolute atomic E-state index is 0.138. The molecular weight excluding hydrogens is 342 g/mol. The monoisotopic (exact) mass is 371 g/mol. The van der Waals surface area contributed by atoms with E-state index in [0.29, 0.717) is 18.2 Å². The van der Waals surface area contributed by atoms with Crippen LogP contribution in [0.15, 0.2) is 42.5 Å². The summed E-state index contributed by atoms with van der Waals surface area (Å²) >= 11 is 0. The molecule has 0 aromatic heterocycles. The van der Waals surface area contributed by atoms with Gasteiger partial charge in [0.05, 0.1) is 12.8 Å². The van der Waals surface area contributed by atoms with Crippen molar-refractivity contribution < 1.29 is 14.3 Å². The van der Waals surface area contributed by atoms with Crippen LogP contribution in [-0.4, -0.2) is 32.9 Å². The van der Waals surface area contributed by atoms with E-state index in [1.165, 1.54) is 0 Å². The van der Waals surface area contributed by atoms with Crippen LogP contribution in [0, 0.1) is 11.3 Å². The molecule has 1 aromatic carbocycles. The summed E-state index contributed by atoms with van der Waals surface area (Å²) in [6.07, 6.45) is 11.8. The van der Waals surface area contributed by atoms with Gasteiger partial charge in [-0.1, -0.05) is 24.3 Å². The van der Waals surface area contributed by atoms with E-state index in [9.17, 15) is 4.79 Å². The Balaban J connectivity index is 1.60. The Kier molecular flexibility index (Phi) is 5.94. The Morgan fingerprint density at radius 2 is 2.07 bits per heavy atom. The van der Waals surface area contributed by atoms with E-state index in [2.05, 4.69) is 23.1 Å². The Bertz CT molecular complexity index is 723. The first kappa shape index (κ1) is 19.1. The van der Waals surface area contributed by atoms with Crippen LogP contribution in [-0.2, 0) is 4.74 Å². The number of anilines is 2. The van der Waals surface area contributed by atoms with Crippen LogP contribution >= 0.6 is 0 Å². The van der Waals surface area contributed by atoms with Crippen LogP contribution < -0.4 is 21.1 Å². The number of rotatable bonds is 6. The first-order valence-electron chi connectivity index (χ1n) is 9.46. The molecule has 1 amide bonds. The van der Waals surface area contributed by atoms with Crippen molar-refractivity contribution in [3.63, 3.8) is 0 Å². The van der Waals surface area contributed by atoms with Crippen LogP contribution in [0.3, 0.4) is 0 Å². The molecule has 0 saturated carbocycles. The fourth-order valence-electron chi connectivity index (χ4n) is 4.11. The second-order valence-electron chi connectivity index (χ2n) is 7.52. The van der Waals surface area contributed by atoms with Gasteiger partial charge in [-0.3, -0.25) is 0 Å². The number of methoxy groups -OCH3 is 1. The number of benzene rings is 1. The van der Waals surface area contributed by atoms with E-state index in [-0.39, 0.29) is 5.41 Å². The first-order valence-corrected chi connectivity index (χ1v) is 9.46. The number of piperidine rings is 1. The topological polar surface area (TPSA) is 90.8 Å². The van der Waals surface area contributed by atoms with Gasteiger partial charge in [0, 0.05) is 30.3 Å². The molecule has 6 nitrogen and oxygen atoms in total. The van der Waals surface area contributed by atoms with Gasteiger partial charge in [-0.2, -0.15) is 0 Å². The zero-order valence-corrected chi connectivity index (χ0v) is 15.9. The van der Waals surface area contributed by atoms with Crippen LogP contribution in [0.25, 0.3) is 0 Å². The molecule has 1 aromatic rings. The lowest BCUT2D eigenvalue weighted by Crippen LogP contribution is -2.37. The summed E-state index contributed by atoms with van der Waals surface area (Å²) in [5, 5.41) is 0. The van der Waals surface area contributed by atoms with E-state index in [4.69, 9.17) is 20.9 Å². The predicted octanol–water partition coefficient (Wildman–Crippen LogP) is 3.48. The molecule has 0 spiro atoms. The van der Waals surface area contributed by atoms with E-state index < -0.39 is 6.09 Å². The SMILES string of the molecule is COc1cc(N2CCC(CC3(COC(N)=O)C=CC=CC3)CC2)ccc1N. The van der Waals surface area contributed by atoms with E-state index in [0.717, 1.165) is 50.2 Å². The fourth-order valence-corrected chi connectivity index (χ4v) is 4.11. The first-order chi connectivity index (χ1) is 13.0. The van der Waals surface area contributed by atoms with Gasteiger partial charge in [0.2, 0.25) is 0 Å². The van der Waals surface area contributed by atoms with E-state index >= 15 is 0 Å². The molecule has 1 atom stereocenters. The van der Waals surface area contributed by atoms with E-state index in [1.807, 2.05) is 24.3 Å². The van der Waals surface area contributed by atoms with Crippen LogP contribution in [0.2, 0.25) is 0 Å². The maximum absolute atomic E-state index is 11.1. The number of hydrogen-bond donors (Lipinski definition) is 2. The summed E-state index contributed by atoms with van der Waals surface area (Å²) in [4.78, 5) is 13.5. The summed E-state index contributed by atoms with van der Waals surface area (Å²) in [5.74, 6) is 1.31. The molecule has 0 bridgehead atoms. The van der Waals surface area contributed by atoms with Crippen molar-refractivity contribution in [3.8, 4) is 5.75 Å². The van der Waals surface area contributed by atoms with E-state index in [1.54, 1.807) is 7.11 Å². The fraction of sp³-hybridized carbons (Fsp3) is 0.476. The normalized spacial score (nSPS) is 22.6. The van der Waals surface area contributed by atoms with Gasteiger partial charge in [0.15, 0.2) is 0 Å². The van der Waals surface area contributed by atoms with Gasteiger partial charge < -0.3 is 25.8 Å². The number of carbonyl (C=O) groups is 1. The summed E-state index contributed by atoms with van der Waals surface area (Å²) in [5.41, 5.74) is 12.8. The maximum Gasteiger partial charge on any atom is 0.404 e. The average molecular weight is 371 g/mol. The molecule has 6 heteroatoms. The molecule has 146 valence electrons. The summed E-state index contributed by atoms with van der Waals surface area (Å²) in [7, 11) is 1.64. The molecule has 4 N–H and O–H groups in total. The lowest BCUT2D eigenvalue weighted by Gasteiger charge is -2.39. The zero-order valence-electron chi connectivity index (χ0n) is 15.9. The minimum Gasteiger partial charge on any atom is -0.495 e. The molecule has 0 radical (unpaired) electrons. The van der Waals surface area contributed by atoms with Crippen molar-refractivity contribution in [2.24, 2.45) is 17.1 Å². The van der Waals surface area contributed by atoms with Crippen molar-refractivity contribution in [1.29, 1.82) is 0 Å². The van der Waals surface area contributed by atoms with Gasteiger partial charge in [-0.25, -0.2) is 4.79 Å². The second-order valence-corrected chi connectivity index (χ2v) is 7.52. The highest BCUT2D eigenvalue weighted by atomic mass is 16.5. The lowest BCUT2D eigenvalue weighted by molar-refractivity contribution is 0.0947. The zero-order chi connectivity index (χ0) is 19.3. The molecule has 27 heavy (non-hydrogen) atoms. The third-order valence-corrected chi connectivity index (χ3v) is 5.62. The number of ether oxygens (including phenoxy) is 2. The molecule has 1 aliphatic heterocycles. The predicted molar refractivity (Wildman–Crippen MR) is 108 cm³/mol. The number of carbonyl (C=O) groups excluding carboxylic acids is 1.